The van der Waals surface area contributed by atoms with Crippen LogP contribution in [0.4, 0.5) is 0 Å². The smallest absolute Gasteiger partial charge is 0.237 e. The lowest BCUT2D eigenvalue weighted by Crippen LogP contribution is -2.44. The molecule has 1 heterocycles. The summed E-state index contributed by atoms with van der Waals surface area (Å²) >= 11 is 0. The summed E-state index contributed by atoms with van der Waals surface area (Å²) in [6.07, 6.45) is 0.872. The predicted molar refractivity (Wildman–Crippen MR) is 53.5 cm³/mol. The van der Waals surface area contributed by atoms with Crippen molar-refractivity contribution in [2.24, 2.45) is 11.7 Å². The minimum absolute atomic E-state index is 0.162. The van der Waals surface area contributed by atoms with Crippen LogP contribution in [0.5, 0.6) is 0 Å². The van der Waals surface area contributed by atoms with Gasteiger partial charge in [-0.05, 0) is 5.92 Å². The van der Waals surface area contributed by atoms with Gasteiger partial charge >= 0.3 is 0 Å². The Morgan fingerprint density at radius 1 is 1.67 bits per heavy atom. The number of carbonyl (C=O) groups is 1. The summed E-state index contributed by atoms with van der Waals surface area (Å²) in [4.78, 5) is 11.5. The molecule has 0 aliphatic heterocycles. The van der Waals surface area contributed by atoms with Crippen molar-refractivity contribution in [3.63, 3.8) is 0 Å². The largest absolute Gasteiger partial charge is 0.347 e. The molecular formula is C8H16N6O. The number of aromatic nitrogens is 4. The fraction of sp³-hybridized carbons (Fsp3) is 0.750. The summed E-state index contributed by atoms with van der Waals surface area (Å²) in [7, 11) is 0. The number of carbonyl (C=O) groups excluding carboxylic acids is 1. The van der Waals surface area contributed by atoms with E-state index in [2.05, 4.69) is 25.9 Å². The van der Waals surface area contributed by atoms with Gasteiger partial charge in [0.05, 0.1) is 12.6 Å². The molecule has 0 aliphatic rings. The molecule has 15 heavy (non-hydrogen) atoms. The number of amides is 1. The van der Waals surface area contributed by atoms with E-state index in [0.29, 0.717) is 5.82 Å². The van der Waals surface area contributed by atoms with Crippen molar-refractivity contribution in [3.8, 4) is 0 Å². The van der Waals surface area contributed by atoms with Gasteiger partial charge in [-0.15, -0.1) is 10.2 Å². The van der Waals surface area contributed by atoms with Crippen LogP contribution in [0.25, 0.3) is 0 Å². The van der Waals surface area contributed by atoms with Gasteiger partial charge in [0, 0.05) is 0 Å². The first kappa shape index (κ1) is 11.6. The third-order valence-corrected chi connectivity index (χ3v) is 2.37. The van der Waals surface area contributed by atoms with E-state index in [4.69, 9.17) is 5.73 Å². The molecule has 1 rings (SSSR count). The summed E-state index contributed by atoms with van der Waals surface area (Å²) in [5.41, 5.74) is 5.73. The molecule has 0 saturated carbocycles. The topological polar surface area (TPSA) is 110 Å². The summed E-state index contributed by atoms with van der Waals surface area (Å²) in [5, 5.41) is 15.8. The number of H-pyrrole nitrogens is 1. The Kier molecular flexibility index (Phi) is 4.17. The Hall–Kier alpha value is -1.50. The standard InChI is InChI=1S/C8H16N6O/c1-3-5(2)7(9)8(15)10-4-6-11-13-14-12-6/h5,7H,3-4,9H2,1-2H3,(H,10,15)(H,11,12,13,14). The van der Waals surface area contributed by atoms with Crippen LogP contribution >= 0.6 is 0 Å². The second kappa shape index (κ2) is 5.40. The average Bonchev–Trinajstić information content (AvgIpc) is 2.76. The first-order valence-corrected chi connectivity index (χ1v) is 4.90. The van der Waals surface area contributed by atoms with Crippen LogP contribution < -0.4 is 11.1 Å². The van der Waals surface area contributed by atoms with Gasteiger partial charge in [-0.3, -0.25) is 4.79 Å². The van der Waals surface area contributed by atoms with Crippen LogP contribution in [0.15, 0.2) is 0 Å². The van der Waals surface area contributed by atoms with Crippen molar-refractivity contribution in [1.82, 2.24) is 25.9 Å². The number of hydrogen-bond donors (Lipinski definition) is 3. The normalized spacial score (nSPS) is 14.6. The molecule has 4 N–H and O–H groups in total. The summed E-state index contributed by atoms with van der Waals surface area (Å²) in [6, 6.07) is -0.484. The molecule has 0 aromatic carbocycles. The van der Waals surface area contributed by atoms with Gasteiger partial charge in [0.25, 0.3) is 0 Å². The third-order valence-electron chi connectivity index (χ3n) is 2.37. The van der Waals surface area contributed by atoms with Crippen molar-refractivity contribution in [2.75, 3.05) is 0 Å². The maximum absolute atomic E-state index is 11.5. The Morgan fingerprint density at radius 3 is 2.93 bits per heavy atom. The Balaban J connectivity index is 2.36. The van der Waals surface area contributed by atoms with Crippen LogP contribution in [0.3, 0.4) is 0 Å². The van der Waals surface area contributed by atoms with E-state index >= 15 is 0 Å². The van der Waals surface area contributed by atoms with Crippen molar-refractivity contribution in [1.29, 1.82) is 0 Å². The van der Waals surface area contributed by atoms with Gasteiger partial charge in [0.2, 0.25) is 5.91 Å². The first-order valence-electron chi connectivity index (χ1n) is 4.90. The second-order valence-corrected chi connectivity index (χ2v) is 3.46. The average molecular weight is 212 g/mol. The maximum atomic E-state index is 11.5. The highest BCUT2D eigenvalue weighted by molar-refractivity contribution is 5.81. The summed E-state index contributed by atoms with van der Waals surface area (Å²) in [5.74, 6) is 0.420. The zero-order valence-corrected chi connectivity index (χ0v) is 8.90. The molecule has 7 nitrogen and oxygen atoms in total. The fourth-order valence-electron chi connectivity index (χ4n) is 1.05. The maximum Gasteiger partial charge on any atom is 0.237 e. The molecule has 7 heteroatoms. The molecule has 0 spiro atoms. The Labute approximate surface area is 87.8 Å². The van der Waals surface area contributed by atoms with Crippen molar-refractivity contribution in [2.45, 2.75) is 32.9 Å². The SMILES string of the molecule is CCC(C)C(N)C(=O)NCc1nn[nH]n1. The van der Waals surface area contributed by atoms with Gasteiger partial charge < -0.3 is 11.1 Å². The lowest BCUT2D eigenvalue weighted by Gasteiger charge is -2.16. The molecule has 0 radical (unpaired) electrons. The van der Waals surface area contributed by atoms with Crippen LogP contribution in [-0.4, -0.2) is 32.6 Å². The van der Waals surface area contributed by atoms with Crippen molar-refractivity contribution >= 4 is 5.91 Å². The lowest BCUT2D eigenvalue weighted by molar-refractivity contribution is -0.123. The molecule has 84 valence electrons. The predicted octanol–water partition coefficient (Wildman–Crippen LogP) is -0.811. The number of aromatic amines is 1. The Bertz CT molecular complexity index is 298. The minimum atomic E-state index is -0.484. The van der Waals surface area contributed by atoms with E-state index in [9.17, 15) is 4.79 Å². The molecule has 1 amide bonds. The highest BCUT2D eigenvalue weighted by atomic mass is 16.2. The van der Waals surface area contributed by atoms with Crippen molar-refractivity contribution in [3.05, 3.63) is 5.82 Å². The van der Waals surface area contributed by atoms with Crippen LogP contribution in [0, 0.1) is 5.92 Å². The van der Waals surface area contributed by atoms with E-state index in [-0.39, 0.29) is 18.4 Å². The molecule has 1 aromatic heterocycles. The van der Waals surface area contributed by atoms with Gasteiger partial charge in [-0.1, -0.05) is 25.5 Å². The molecular weight excluding hydrogens is 196 g/mol. The third kappa shape index (κ3) is 3.28. The highest BCUT2D eigenvalue weighted by Crippen LogP contribution is 2.04. The van der Waals surface area contributed by atoms with Crippen LogP contribution in [-0.2, 0) is 11.3 Å². The van der Waals surface area contributed by atoms with Crippen LogP contribution in [0.1, 0.15) is 26.1 Å². The zero-order chi connectivity index (χ0) is 11.3. The second-order valence-electron chi connectivity index (χ2n) is 3.46. The monoisotopic (exact) mass is 212 g/mol. The zero-order valence-electron chi connectivity index (χ0n) is 8.90. The van der Waals surface area contributed by atoms with Gasteiger partial charge in [0.15, 0.2) is 5.82 Å². The number of rotatable bonds is 5. The number of nitrogens with two attached hydrogens (primary N) is 1. The quantitative estimate of drug-likeness (QED) is 0.591. The molecule has 0 aliphatic carbocycles. The van der Waals surface area contributed by atoms with Crippen molar-refractivity contribution < 1.29 is 4.79 Å². The molecule has 0 bridgehead atoms. The minimum Gasteiger partial charge on any atom is -0.347 e. The molecule has 2 unspecified atom stereocenters. The summed E-state index contributed by atoms with van der Waals surface area (Å²) < 4.78 is 0. The van der Waals surface area contributed by atoms with E-state index < -0.39 is 6.04 Å². The first-order chi connectivity index (χ1) is 7.15. The van der Waals surface area contributed by atoms with Gasteiger partial charge in [-0.25, -0.2) is 0 Å². The number of nitrogens with zero attached hydrogens (tertiary/aromatic N) is 3. The molecule has 2 atom stereocenters. The van der Waals surface area contributed by atoms with E-state index in [1.165, 1.54) is 0 Å². The molecule has 0 saturated heterocycles. The van der Waals surface area contributed by atoms with Gasteiger partial charge in [0.1, 0.15) is 0 Å². The molecule has 0 fully saturated rings. The summed E-state index contributed by atoms with van der Waals surface area (Å²) in [6.45, 7) is 4.19. The van der Waals surface area contributed by atoms with E-state index in [0.717, 1.165) is 6.42 Å². The fourth-order valence-corrected chi connectivity index (χ4v) is 1.05. The van der Waals surface area contributed by atoms with E-state index in [1.807, 2.05) is 13.8 Å². The highest BCUT2D eigenvalue weighted by Gasteiger charge is 2.19. The van der Waals surface area contributed by atoms with Gasteiger partial charge in [-0.2, -0.15) is 5.21 Å². The number of nitrogens with one attached hydrogen (secondary N) is 2. The number of tetrazole rings is 1. The Morgan fingerprint density at radius 2 is 2.40 bits per heavy atom. The number of hydrogen-bond acceptors (Lipinski definition) is 5. The van der Waals surface area contributed by atoms with E-state index in [1.54, 1.807) is 0 Å². The lowest BCUT2D eigenvalue weighted by atomic mass is 9.99. The molecule has 1 aromatic rings. The van der Waals surface area contributed by atoms with Crippen LogP contribution in [0.2, 0.25) is 0 Å².